The SMILES string of the molecule is Cc1nn2c(C3CCCN(Cc4ccccc4)C3)ccnc2c1CCCN. The fourth-order valence-electron chi connectivity index (χ4n) is 4.28. The third-order valence-corrected chi connectivity index (χ3v) is 5.65. The molecule has 4 rings (SSSR count). The molecule has 1 atom stereocenters. The lowest BCUT2D eigenvalue weighted by Gasteiger charge is -2.33. The van der Waals surface area contributed by atoms with E-state index in [1.807, 2.05) is 6.20 Å². The van der Waals surface area contributed by atoms with Crippen LogP contribution in [0.25, 0.3) is 5.65 Å². The third-order valence-electron chi connectivity index (χ3n) is 5.65. The number of hydrogen-bond acceptors (Lipinski definition) is 4. The molecular weight excluding hydrogens is 334 g/mol. The number of nitrogens with two attached hydrogens (primary N) is 1. The van der Waals surface area contributed by atoms with Crippen LogP contribution in [0.5, 0.6) is 0 Å². The van der Waals surface area contributed by atoms with Crippen molar-refractivity contribution in [1.82, 2.24) is 19.5 Å². The smallest absolute Gasteiger partial charge is 0.158 e. The predicted octanol–water partition coefficient (Wildman–Crippen LogP) is 3.31. The number of fused-ring (bicyclic) bond motifs is 1. The first-order valence-corrected chi connectivity index (χ1v) is 10.1. The second-order valence-corrected chi connectivity index (χ2v) is 7.62. The zero-order chi connectivity index (χ0) is 18.6. The lowest BCUT2D eigenvalue weighted by Crippen LogP contribution is -2.34. The highest BCUT2D eigenvalue weighted by molar-refractivity contribution is 5.51. The Morgan fingerprint density at radius 2 is 2.04 bits per heavy atom. The normalized spacial score (nSPS) is 18.2. The summed E-state index contributed by atoms with van der Waals surface area (Å²) in [6.45, 7) is 6.05. The van der Waals surface area contributed by atoms with Gasteiger partial charge in [0.1, 0.15) is 0 Å². The summed E-state index contributed by atoms with van der Waals surface area (Å²) in [7, 11) is 0. The minimum absolute atomic E-state index is 0.495. The summed E-state index contributed by atoms with van der Waals surface area (Å²) in [6.07, 6.45) is 6.31. The zero-order valence-corrected chi connectivity index (χ0v) is 16.1. The van der Waals surface area contributed by atoms with Gasteiger partial charge in [0.25, 0.3) is 0 Å². The topological polar surface area (TPSA) is 59.5 Å². The minimum Gasteiger partial charge on any atom is -0.330 e. The summed E-state index contributed by atoms with van der Waals surface area (Å²) in [5, 5.41) is 4.85. The molecule has 1 saturated heterocycles. The van der Waals surface area contributed by atoms with E-state index in [0.717, 1.165) is 37.3 Å². The summed E-state index contributed by atoms with van der Waals surface area (Å²) in [5.74, 6) is 0.495. The van der Waals surface area contributed by atoms with E-state index in [1.54, 1.807) is 0 Å². The van der Waals surface area contributed by atoms with Crippen molar-refractivity contribution in [2.75, 3.05) is 19.6 Å². The Kier molecular flexibility index (Phi) is 5.50. The Hall–Kier alpha value is -2.24. The van der Waals surface area contributed by atoms with Gasteiger partial charge in [0.2, 0.25) is 0 Å². The zero-order valence-electron chi connectivity index (χ0n) is 16.1. The van der Waals surface area contributed by atoms with Crippen LogP contribution in [-0.2, 0) is 13.0 Å². The number of hydrogen-bond donors (Lipinski definition) is 1. The Balaban J connectivity index is 1.58. The molecular formula is C22H29N5. The van der Waals surface area contributed by atoms with Crippen LogP contribution in [0.1, 0.15) is 47.7 Å². The van der Waals surface area contributed by atoms with Crippen molar-refractivity contribution in [3.8, 4) is 0 Å². The van der Waals surface area contributed by atoms with Crippen LogP contribution < -0.4 is 5.73 Å². The Labute approximate surface area is 161 Å². The maximum atomic E-state index is 5.71. The molecule has 27 heavy (non-hydrogen) atoms. The fraction of sp³-hybridized carbons (Fsp3) is 0.455. The van der Waals surface area contributed by atoms with Gasteiger partial charge in [-0.05, 0) is 57.3 Å². The van der Waals surface area contributed by atoms with Crippen LogP contribution in [0.3, 0.4) is 0 Å². The average Bonchev–Trinajstić information content (AvgIpc) is 3.02. The molecule has 0 bridgehead atoms. The van der Waals surface area contributed by atoms with E-state index < -0.39 is 0 Å². The first-order chi connectivity index (χ1) is 13.3. The van der Waals surface area contributed by atoms with E-state index in [1.165, 1.54) is 36.2 Å². The number of likely N-dealkylation sites (tertiary alicyclic amines) is 1. The molecule has 1 unspecified atom stereocenters. The van der Waals surface area contributed by atoms with Gasteiger partial charge in [-0.2, -0.15) is 5.10 Å². The maximum Gasteiger partial charge on any atom is 0.158 e. The van der Waals surface area contributed by atoms with Crippen LogP contribution >= 0.6 is 0 Å². The van der Waals surface area contributed by atoms with Crippen molar-refractivity contribution in [2.24, 2.45) is 5.73 Å². The molecule has 142 valence electrons. The molecule has 0 spiro atoms. The van der Waals surface area contributed by atoms with Gasteiger partial charge in [-0.1, -0.05) is 30.3 Å². The van der Waals surface area contributed by atoms with Gasteiger partial charge in [-0.25, -0.2) is 9.50 Å². The molecule has 1 fully saturated rings. The first-order valence-electron chi connectivity index (χ1n) is 10.1. The molecule has 2 N–H and O–H groups in total. The monoisotopic (exact) mass is 363 g/mol. The van der Waals surface area contributed by atoms with Crippen LogP contribution in [-0.4, -0.2) is 39.1 Å². The standard InChI is InChI=1S/C22H29N5/c1-17-20(10-5-12-23)22-24-13-11-21(27(22)25-17)19-9-6-14-26(16-19)15-18-7-3-2-4-8-18/h2-4,7-8,11,13,19H,5-6,9-10,12,14-16,23H2,1H3. The Morgan fingerprint density at radius 1 is 1.19 bits per heavy atom. The molecule has 1 aliphatic heterocycles. The fourth-order valence-corrected chi connectivity index (χ4v) is 4.28. The molecule has 0 aliphatic carbocycles. The van der Waals surface area contributed by atoms with Crippen LogP contribution in [0.15, 0.2) is 42.6 Å². The van der Waals surface area contributed by atoms with Crippen molar-refractivity contribution in [3.05, 3.63) is 65.1 Å². The summed E-state index contributed by atoms with van der Waals surface area (Å²) in [5.41, 5.74) is 11.7. The summed E-state index contributed by atoms with van der Waals surface area (Å²) < 4.78 is 2.10. The highest BCUT2D eigenvalue weighted by atomic mass is 15.3. The number of rotatable bonds is 6. The number of aromatic nitrogens is 3. The lowest BCUT2D eigenvalue weighted by molar-refractivity contribution is 0.197. The number of aryl methyl sites for hydroxylation is 2. The van der Waals surface area contributed by atoms with Gasteiger partial charge in [0, 0.05) is 30.8 Å². The molecule has 5 nitrogen and oxygen atoms in total. The molecule has 0 radical (unpaired) electrons. The number of benzene rings is 1. The third kappa shape index (κ3) is 3.89. The van der Waals surface area contributed by atoms with Crippen molar-refractivity contribution in [1.29, 1.82) is 0 Å². The van der Waals surface area contributed by atoms with Crippen LogP contribution in [0.2, 0.25) is 0 Å². The average molecular weight is 364 g/mol. The highest BCUT2D eigenvalue weighted by Gasteiger charge is 2.24. The molecule has 2 aromatic heterocycles. The van der Waals surface area contributed by atoms with Crippen LogP contribution in [0.4, 0.5) is 0 Å². The van der Waals surface area contributed by atoms with Crippen molar-refractivity contribution in [3.63, 3.8) is 0 Å². The van der Waals surface area contributed by atoms with E-state index in [4.69, 9.17) is 10.8 Å². The second kappa shape index (κ2) is 8.19. The quantitative estimate of drug-likeness (QED) is 0.730. The molecule has 0 saturated carbocycles. The molecule has 3 heterocycles. The molecule has 5 heteroatoms. The van der Waals surface area contributed by atoms with E-state index in [9.17, 15) is 0 Å². The lowest BCUT2D eigenvalue weighted by atomic mass is 9.94. The highest BCUT2D eigenvalue weighted by Crippen LogP contribution is 2.29. The first kappa shape index (κ1) is 18.1. The van der Waals surface area contributed by atoms with Gasteiger partial charge in [0.05, 0.1) is 11.4 Å². The molecule has 3 aromatic rings. The van der Waals surface area contributed by atoms with Gasteiger partial charge >= 0.3 is 0 Å². The second-order valence-electron chi connectivity index (χ2n) is 7.62. The Morgan fingerprint density at radius 3 is 2.85 bits per heavy atom. The van der Waals surface area contributed by atoms with E-state index in [2.05, 4.69) is 57.7 Å². The largest absolute Gasteiger partial charge is 0.330 e. The predicted molar refractivity (Wildman–Crippen MR) is 109 cm³/mol. The number of piperidine rings is 1. The van der Waals surface area contributed by atoms with E-state index in [0.29, 0.717) is 12.5 Å². The molecule has 1 aliphatic rings. The maximum absolute atomic E-state index is 5.71. The van der Waals surface area contributed by atoms with E-state index >= 15 is 0 Å². The van der Waals surface area contributed by atoms with Gasteiger partial charge in [-0.15, -0.1) is 0 Å². The molecule has 0 amide bonds. The van der Waals surface area contributed by atoms with Gasteiger partial charge in [0.15, 0.2) is 5.65 Å². The summed E-state index contributed by atoms with van der Waals surface area (Å²) in [4.78, 5) is 7.21. The van der Waals surface area contributed by atoms with E-state index in [-0.39, 0.29) is 0 Å². The van der Waals surface area contributed by atoms with Crippen molar-refractivity contribution < 1.29 is 0 Å². The summed E-state index contributed by atoms with van der Waals surface area (Å²) >= 11 is 0. The minimum atomic E-state index is 0.495. The van der Waals surface area contributed by atoms with Crippen LogP contribution in [0, 0.1) is 6.92 Å². The van der Waals surface area contributed by atoms with Crippen molar-refractivity contribution >= 4 is 5.65 Å². The van der Waals surface area contributed by atoms with Crippen molar-refractivity contribution in [2.45, 2.75) is 45.1 Å². The van der Waals surface area contributed by atoms with Gasteiger partial charge < -0.3 is 5.73 Å². The summed E-state index contributed by atoms with van der Waals surface area (Å²) in [6, 6.07) is 12.9. The van der Waals surface area contributed by atoms with Gasteiger partial charge in [-0.3, -0.25) is 4.90 Å². The Bertz CT molecular complexity index is 886. The molecule has 1 aromatic carbocycles. The number of nitrogens with zero attached hydrogens (tertiary/aromatic N) is 4.